The predicted molar refractivity (Wildman–Crippen MR) is 77.0 cm³/mol. The van der Waals surface area contributed by atoms with Crippen LogP contribution in [-0.4, -0.2) is 19.7 Å². The van der Waals surface area contributed by atoms with Gasteiger partial charge in [-0.15, -0.1) is 6.42 Å². The standard InChI is InChI=1S/C16H23NO/c1-5-11-17-12-13-18-15-9-7-14(8-10-15)16(3,4)6-2/h1,7-10,17H,6,11-13H2,2-4H3. The molecule has 1 rings (SSSR count). The molecule has 1 N–H and O–H groups in total. The van der Waals surface area contributed by atoms with Crippen molar-refractivity contribution in [2.45, 2.75) is 32.6 Å². The van der Waals surface area contributed by atoms with Gasteiger partial charge >= 0.3 is 0 Å². The predicted octanol–water partition coefficient (Wildman–Crippen LogP) is 2.98. The summed E-state index contributed by atoms with van der Waals surface area (Å²) in [6, 6.07) is 8.36. The maximum atomic E-state index is 5.62. The second-order valence-corrected chi connectivity index (χ2v) is 4.99. The van der Waals surface area contributed by atoms with Crippen LogP contribution in [0.5, 0.6) is 5.75 Å². The Balaban J connectivity index is 2.44. The van der Waals surface area contributed by atoms with Crippen LogP contribution in [0.4, 0.5) is 0 Å². The Labute approximate surface area is 111 Å². The first kappa shape index (κ1) is 14.6. The number of hydrogen-bond donors (Lipinski definition) is 1. The lowest BCUT2D eigenvalue weighted by Gasteiger charge is -2.23. The topological polar surface area (TPSA) is 21.3 Å². The zero-order chi connectivity index (χ0) is 13.4. The Hall–Kier alpha value is -1.46. The van der Waals surface area contributed by atoms with E-state index in [-0.39, 0.29) is 5.41 Å². The molecule has 0 bridgehead atoms. The summed E-state index contributed by atoms with van der Waals surface area (Å²) >= 11 is 0. The van der Waals surface area contributed by atoms with Gasteiger partial charge < -0.3 is 10.1 Å². The second kappa shape index (κ2) is 7.08. The van der Waals surface area contributed by atoms with E-state index >= 15 is 0 Å². The molecule has 0 unspecified atom stereocenters. The molecule has 98 valence electrons. The molecule has 0 heterocycles. The van der Waals surface area contributed by atoms with Crippen LogP contribution >= 0.6 is 0 Å². The molecule has 0 amide bonds. The summed E-state index contributed by atoms with van der Waals surface area (Å²) < 4.78 is 5.62. The average Bonchev–Trinajstić information content (AvgIpc) is 2.39. The third kappa shape index (κ3) is 4.43. The first-order valence-corrected chi connectivity index (χ1v) is 6.47. The Bertz CT molecular complexity index is 387. The lowest BCUT2D eigenvalue weighted by atomic mass is 9.82. The van der Waals surface area contributed by atoms with Crippen molar-refractivity contribution in [1.29, 1.82) is 0 Å². The first-order valence-electron chi connectivity index (χ1n) is 6.47. The van der Waals surface area contributed by atoms with E-state index in [0.29, 0.717) is 13.2 Å². The second-order valence-electron chi connectivity index (χ2n) is 4.99. The number of nitrogens with one attached hydrogen (secondary N) is 1. The molecule has 0 aliphatic heterocycles. The molecule has 0 fully saturated rings. The van der Waals surface area contributed by atoms with Gasteiger partial charge in [0.2, 0.25) is 0 Å². The number of rotatable bonds is 7. The summed E-state index contributed by atoms with van der Waals surface area (Å²) in [6.07, 6.45) is 6.27. The summed E-state index contributed by atoms with van der Waals surface area (Å²) in [5.41, 5.74) is 1.58. The highest BCUT2D eigenvalue weighted by molar-refractivity contribution is 5.31. The van der Waals surface area contributed by atoms with Crippen molar-refractivity contribution < 1.29 is 4.74 Å². The molecule has 2 heteroatoms. The van der Waals surface area contributed by atoms with Crippen molar-refractivity contribution in [3.63, 3.8) is 0 Å². The van der Waals surface area contributed by atoms with Crippen molar-refractivity contribution in [2.24, 2.45) is 0 Å². The SMILES string of the molecule is C#CCNCCOc1ccc(C(C)(C)CC)cc1. The molecule has 0 spiro atoms. The molecule has 18 heavy (non-hydrogen) atoms. The number of ether oxygens (including phenoxy) is 1. The summed E-state index contributed by atoms with van der Waals surface area (Å²) in [5, 5.41) is 3.09. The Morgan fingerprint density at radius 1 is 1.28 bits per heavy atom. The Morgan fingerprint density at radius 2 is 1.94 bits per heavy atom. The number of terminal acetylenes is 1. The monoisotopic (exact) mass is 245 g/mol. The van der Waals surface area contributed by atoms with Crippen LogP contribution in [0, 0.1) is 12.3 Å². The van der Waals surface area contributed by atoms with Crippen LogP contribution < -0.4 is 10.1 Å². The largest absolute Gasteiger partial charge is 0.492 e. The minimum absolute atomic E-state index is 0.229. The molecule has 1 aromatic carbocycles. The summed E-state index contributed by atoms with van der Waals surface area (Å²) in [6.45, 7) is 8.72. The van der Waals surface area contributed by atoms with Gasteiger partial charge in [-0.3, -0.25) is 0 Å². The lowest BCUT2D eigenvalue weighted by molar-refractivity contribution is 0.316. The highest BCUT2D eigenvalue weighted by Gasteiger charge is 2.17. The van der Waals surface area contributed by atoms with Crippen LogP contribution in [0.2, 0.25) is 0 Å². The smallest absolute Gasteiger partial charge is 0.119 e. The molecule has 0 atom stereocenters. The maximum Gasteiger partial charge on any atom is 0.119 e. The van der Waals surface area contributed by atoms with Gasteiger partial charge in [-0.25, -0.2) is 0 Å². The fourth-order valence-electron chi connectivity index (χ4n) is 1.61. The highest BCUT2D eigenvalue weighted by atomic mass is 16.5. The summed E-state index contributed by atoms with van der Waals surface area (Å²) in [7, 11) is 0. The zero-order valence-electron chi connectivity index (χ0n) is 11.6. The van der Waals surface area contributed by atoms with Gasteiger partial charge in [0.15, 0.2) is 0 Å². The quantitative estimate of drug-likeness (QED) is 0.589. The van der Waals surface area contributed by atoms with Gasteiger partial charge in [0.05, 0.1) is 6.54 Å². The van der Waals surface area contributed by atoms with Crippen LogP contribution in [-0.2, 0) is 5.41 Å². The van der Waals surface area contributed by atoms with E-state index in [1.54, 1.807) is 0 Å². The third-order valence-corrected chi connectivity index (χ3v) is 3.29. The Morgan fingerprint density at radius 3 is 2.50 bits per heavy atom. The molecule has 0 saturated carbocycles. The van der Waals surface area contributed by atoms with Gasteiger partial charge in [0.25, 0.3) is 0 Å². The van der Waals surface area contributed by atoms with E-state index in [9.17, 15) is 0 Å². The first-order chi connectivity index (χ1) is 8.60. The molecule has 2 nitrogen and oxygen atoms in total. The van der Waals surface area contributed by atoms with E-state index in [0.717, 1.165) is 18.7 Å². The third-order valence-electron chi connectivity index (χ3n) is 3.29. The minimum atomic E-state index is 0.229. The Kier molecular flexibility index (Phi) is 5.74. The average molecular weight is 245 g/mol. The van der Waals surface area contributed by atoms with Crippen molar-refractivity contribution in [3.8, 4) is 18.1 Å². The molecule has 0 aromatic heterocycles. The molecular formula is C16H23NO. The van der Waals surface area contributed by atoms with Gasteiger partial charge in [-0.1, -0.05) is 38.8 Å². The van der Waals surface area contributed by atoms with E-state index in [1.807, 2.05) is 12.1 Å². The van der Waals surface area contributed by atoms with Gasteiger partial charge in [0, 0.05) is 6.54 Å². The van der Waals surface area contributed by atoms with Gasteiger partial charge in [0.1, 0.15) is 12.4 Å². The number of benzene rings is 1. The van der Waals surface area contributed by atoms with Crippen molar-refractivity contribution >= 4 is 0 Å². The summed E-state index contributed by atoms with van der Waals surface area (Å²) in [4.78, 5) is 0. The van der Waals surface area contributed by atoms with Gasteiger partial charge in [-0.05, 0) is 29.5 Å². The molecule has 0 aliphatic rings. The van der Waals surface area contributed by atoms with Gasteiger partial charge in [-0.2, -0.15) is 0 Å². The molecular weight excluding hydrogens is 222 g/mol. The molecule has 0 radical (unpaired) electrons. The lowest BCUT2D eigenvalue weighted by Crippen LogP contribution is -2.21. The highest BCUT2D eigenvalue weighted by Crippen LogP contribution is 2.27. The molecule has 0 saturated heterocycles. The van der Waals surface area contributed by atoms with Crippen molar-refractivity contribution in [3.05, 3.63) is 29.8 Å². The normalized spacial score (nSPS) is 11.0. The number of hydrogen-bond acceptors (Lipinski definition) is 2. The fourth-order valence-corrected chi connectivity index (χ4v) is 1.61. The van der Waals surface area contributed by atoms with Crippen molar-refractivity contribution in [2.75, 3.05) is 19.7 Å². The minimum Gasteiger partial charge on any atom is -0.492 e. The maximum absolute atomic E-state index is 5.62. The fraction of sp³-hybridized carbons (Fsp3) is 0.500. The van der Waals surface area contributed by atoms with Crippen LogP contribution in [0.25, 0.3) is 0 Å². The van der Waals surface area contributed by atoms with Crippen molar-refractivity contribution in [1.82, 2.24) is 5.32 Å². The van der Waals surface area contributed by atoms with E-state index in [4.69, 9.17) is 11.2 Å². The van der Waals surface area contributed by atoms with Crippen LogP contribution in [0.1, 0.15) is 32.8 Å². The molecule has 0 aliphatic carbocycles. The zero-order valence-corrected chi connectivity index (χ0v) is 11.6. The molecule has 1 aromatic rings. The van der Waals surface area contributed by atoms with E-state index in [2.05, 4.69) is 44.1 Å². The summed E-state index contributed by atoms with van der Waals surface area (Å²) in [5.74, 6) is 3.44. The van der Waals surface area contributed by atoms with Crippen LogP contribution in [0.3, 0.4) is 0 Å². The van der Waals surface area contributed by atoms with Crippen LogP contribution in [0.15, 0.2) is 24.3 Å². The van der Waals surface area contributed by atoms with E-state index in [1.165, 1.54) is 5.56 Å². The van der Waals surface area contributed by atoms with E-state index < -0.39 is 0 Å².